The maximum absolute atomic E-state index is 12.9. The van der Waals surface area contributed by atoms with Gasteiger partial charge in [0.05, 0.1) is 11.0 Å². The molecule has 6 nitrogen and oxygen atoms in total. The van der Waals surface area contributed by atoms with Crippen molar-refractivity contribution in [2.45, 2.75) is 19.1 Å². The van der Waals surface area contributed by atoms with Crippen molar-refractivity contribution in [2.24, 2.45) is 0 Å². The van der Waals surface area contributed by atoms with E-state index in [0.29, 0.717) is 25.1 Å². The summed E-state index contributed by atoms with van der Waals surface area (Å²) in [6.07, 6.45) is 1.23. The van der Waals surface area contributed by atoms with E-state index in [0.717, 1.165) is 17.8 Å². The molecule has 1 aromatic heterocycles. The number of aliphatic hydroxyl groups excluding tert-OH is 1. The Hall–Kier alpha value is -2.38. The standard InChI is InChI=1S/C16H16FN3O3/c17-13-3-1-11(2-4-13)16(21)10-19-6-5-15-12(9-19)7-14(8-18-15)20(22)23/h1-4,7-8,16,21H,5-6,9-10H2/t16-/m1/s1. The molecular formula is C16H16FN3O3. The molecule has 1 N–H and O–H groups in total. The fourth-order valence-electron chi connectivity index (χ4n) is 2.76. The summed E-state index contributed by atoms with van der Waals surface area (Å²) in [5, 5.41) is 21.1. The fraction of sp³-hybridized carbons (Fsp3) is 0.312. The maximum atomic E-state index is 12.9. The Morgan fingerprint density at radius 2 is 2.13 bits per heavy atom. The summed E-state index contributed by atoms with van der Waals surface area (Å²) in [6, 6.07) is 7.29. The van der Waals surface area contributed by atoms with Crippen molar-refractivity contribution in [3.05, 3.63) is 69.3 Å². The molecule has 1 aliphatic heterocycles. The maximum Gasteiger partial charge on any atom is 0.287 e. The monoisotopic (exact) mass is 317 g/mol. The number of pyridine rings is 1. The second-order valence-corrected chi connectivity index (χ2v) is 5.61. The molecule has 1 aliphatic rings. The second kappa shape index (κ2) is 6.39. The lowest BCUT2D eigenvalue weighted by Gasteiger charge is -2.29. The van der Waals surface area contributed by atoms with Crippen LogP contribution >= 0.6 is 0 Å². The molecule has 120 valence electrons. The third kappa shape index (κ3) is 3.52. The van der Waals surface area contributed by atoms with Crippen molar-refractivity contribution < 1.29 is 14.4 Å². The quantitative estimate of drug-likeness (QED) is 0.691. The second-order valence-electron chi connectivity index (χ2n) is 5.61. The van der Waals surface area contributed by atoms with Crippen LogP contribution in [-0.4, -0.2) is 33.0 Å². The van der Waals surface area contributed by atoms with Gasteiger partial charge in [-0.3, -0.25) is 20.0 Å². The highest BCUT2D eigenvalue weighted by Crippen LogP contribution is 2.23. The van der Waals surface area contributed by atoms with Gasteiger partial charge in [0.1, 0.15) is 12.0 Å². The third-order valence-electron chi connectivity index (χ3n) is 4.00. The van der Waals surface area contributed by atoms with Gasteiger partial charge in [0, 0.05) is 37.8 Å². The molecule has 2 heterocycles. The number of nitrogens with zero attached hydrogens (tertiary/aromatic N) is 3. The molecule has 0 saturated heterocycles. The third-order valence-corrected chi connectivity index (χ3v) is 4.00. The first-order chi connectivity index (χ1) is 11.0. The number of benzene rings is 1. The number of β-amino-alcohol motifs (C(OH)–C–C–N with tert-alkyl or cyclic N) is 1. The molecule has 0 bridgehead atoms. The molecule has 1 atom stereocenters. The predicted molar refractivity (Wildman–Crippen MR) is 81.2 cm³/mol. The van der Waals surface area contributed by atoms with Gasteiger partial charge in [0.25, 0.3) is 5.69 Å². The van der Waals surface area contributed by atoms with E-state index in [2.05, 4.69) is 4.98 Å². The summed E-state index contributed by atoms with van der Waals surface area (Å²) in [6.45, 7) is 1.60. The predicted octanol–water partition coefficient (Wildman–Crippen LogP) is 2.22. The zero-order valence-electron chi connectivity index (χ0n) is 12.4. The van der Waals surface area contributed by atoms with Crippen LogP contribution in [0.1, 0.15) is 22.9 Å². The van der Waals surface area contributed by atoms with Gasteiger partial charge >= 0.3 is 0 Å². The molecule has 1 aromatic carbocycles. The number of hydrogen-bond donors (Lipinski definition) is 1. The van der Waals surface area contributed by atoms with Crippen molar-refractivity contribution in [3.63, 3.8) is 0 Å². The van der Waals surface area contributed by atoms with Crippen LogP contribution in [0.3, 0.4) is 0 Å². The number of aromatic nitrogens is 1. The van der Waals surface area contributed by atoms with Crippen LogP contribution in [0.4, 0.5) is 10.1 Å². The zero-order chi connectivity index (χ0) is 16.4. The minimum atomic E-state index is -0.733. The Kier molecular flexibility index (Phi) is 4.31. The SMILES string of the molecule is O=[N+]([O-])c1cnc2c(c1)CN(C[C@@H](O)c1ccc(F)cc1)CC2. The molecule has 0 spiro atoms. The Morgan fingerprint density at radius 1 is 1.39 bits per heavy atom. The average molecular weight is 317 g/mol. The lowest BCUT2D eigenvalue weighted by molar-refractivity contribution is -0.385. The smallest absolute Gasteiger partial charge is 0.287 e. The van der Waals surface area contributed by atoms with Gasteiger partial charge in [-0.1, -0.05) is 12.1 Å². The lowest BCUT2D eigenvalue weighted by Crippen LogP contribution is -2.34. The molecule has 3 rings (SSSR count). The van der Waals surface area contributed by atoms with Gasteiger partial charge in [-0.05, 0) is 23.3 Å². The minimum absolute atomic E-state index is 0.0234. The van der Waals surface area contributed by atoms with Crippen LogP contribution in [0.2, 0.25) is 0 Å². The highest BCUT2D eigenvalue weighted by Gasteiger charge is 2.22. The van der Waals surface area contributed by atoms with Gasteiger partial charge in [-0.25, -0.2) is 4.39 Å². The number of nitro groups is 1. The summed E-state index contributed by atoms with van der Waals surface area (Å²) in [7, 11) is 0. The molecule has 0 radical (unpaired) electrons. The normalized spacial score (nSPS) is 15.9. The van der Waals surface area contributed by atoms with Crippen molar-refractivity contribution in [3.8, 4) is 0 Å². The van der Waals surface area contributed by atoms with Gasteiger partial charge in [-0.2, -0.15) is 0 Å². The molecule has 0 fully saturated rings. The summed E-state index contributed by atoms with van der Waals surface area (Å²) in [5.41, 5.74) is 2.30. The summed E-state index contributed by atoms with van der Waals surface area (Å²) in [5.74, 6) is -0.341. The first kappa shape index (κ1) is 15.5. The summed E-state index contributed by atoms with van der Waals surface area (Å²) < 4.78 is 12.9. The van der Waals surface area contributed by atoms with E-state index in [4.69, 9.17) is 0 Å². The van der Waals surface area contributed by atoms with Crippen LogP contribution < -0.4 is 0 Å². The Balaban J connectivity index is 1.70. The number of hydrogen-bond acceptors (Lipinski definition) is 5. The highest BCUT2D eigenvalue weighted by molar-refractivity contribution is 5.35. The Bertz CT molecular complexity index is 721. The number of aliphatic hydroxyl groups is 1. The van der Waals surface area contributed by atoms with Crippen LogP contribution in [0, 0.1) is 15.9 Å². The number of rotatable bonds is 4. The van der Waals surface area contributed by atoms with E-state index in [1.807, 2.05) is 4.90 Å². The van der Waals surface area contributed by atoms with Gasteiger partial charge in [0.15, 0.2) is 0 Å². The highest BCUT2D eigenvalue weighted by atomic mass is 19.1. The van der Waals surface area contributed by atoms with Crippen LogP contribution in [0.15, 0.2) is 36.5 Å². The summed E-state index contributed by atoms with van der Waals surface area (Å²) >= 11 is 0. The van der Waals surface area contributed by atoms with E-state index >= 15 is 0 Å². The average Bonchev–Trinajstić information content (AvgIpc) is 2.54. The van der Waals surface area contributed by atoms with Gasteiger partial charge < -0.3 is 5.11 Å². The van der Waals surface area contributed by atoms with E-state index in [-0.39, 0.29) is 11.5 Å². The van der Waals surface area contributed by atoms with Crippen molar-refractivity contribution in [2.75, 3.05) is 13.1 Å². The van der Waals surface area contributed by atoms with Gasteiger partial charge in [0.2, 0.25) is 0 Å². The van der Waals surface area contributed by atoms with E-state index in [1.165, 1.54) is 18.3 Å². The zero-order valence-corrected chi connectivity index (χ0v) is 12.4. The van der Waals surface area contributed by atoms with Crippen molar-refractivity contribution in [1.29, 1.82) is 0 Å². The molecule has 7 heteroatoms. The van der Waals surface area contributed by atoms with E-state index < -0.39 is 11.0 Å². The van der Waals surface area contributed by atoms with Crippen LogP contribution in [0.25, 0.3) is 0 Å². The van der Waals surface area contributed by atoms with Crippen LogP contribution in [-0.2, 0) is 13.0 Å². The first-order valence-electron chi connectivity index (χ1n) is 7.31. The molecule has 0 unspecified atom stereocenters. The minimum Gasteiger partial charge on any atom is -0.387 e. The van der Waals surface area contributed by atoms with Gasteiger partial charge in [-0.15, -0.1) is 0 Å². The van der Waals surface area contributed by atoms with E-state index in [1.54, 1.807) is 18.2 Å². The van der Waals surface area contributed by atoms with Crippen LogP contribution in [0.5, 0.6) is 0 Å². The number of halogens is 1. The molecule has 23 heavy (non-hydrogen) atoms. The first-order valence-corrected chi connectivity index (χ1v) is 7.31. The van der Waals surface area contributed by atoms with Crippen molar-refractivity contribution >= 4 is 5.69 Å². The molecule has 0 saturated carbocycles. The van der Waals surface area contributed by atoms with E-state index in [9.17, 15) is 19.6 Å². The van der Waals surface area contributed by atoms with Crippen molar-refractivity contribution in [1.82, 2.24) is 9.88 Å². The molecule has 0 aliphatic carbocycles. The molecule has 0 amide bonds. The topological polar surface area (TPSA) is 79.5 Å². The molecular weight excluding hydrogens is 301 g/mol. The Morgan fingerprint density at radius 3 is 2.83 bits per heavy atom. The Labute approximate surface area is 132 Å². The fourth-order valence-corrected chi connectivity index (χ4v) is 2.76. The molecule has 2 aromatic rings. The largest absolute Gasteiger partial charge is 0.387 e. The lowest BCUT2D eigenvalue weighted by atomic mass is 10.0. The number of fused-ring (bicyclic) bond motifs is 1. The summed E-state index contributed by atoms with van der Waals surface area (Å²) in [4.78, 5) is 16.5.